The molecule has 1 aromatic carbocycles. The SMILES string of the molecule is CCOC(=O)C1=C(C[NH+](C)Cc2cccc(Cl)c2)NC(=O)N[C@@H]1CC. The fourth-order valence-electron chi connectivity index (χ4n) is 2.96. The summed E-state index contributed by atoms with van der Waals surface area (Å²) in [5.41, 5.74) is 2.22. The van der Waals surface area contributed by atoms with E-state index in [0.29, 0.717) is 35.9 Å². The Kier molecular flexibility index (Phi) is 6.84. The van der Waals surface area contributed by atoms with Crippen LogP contribution in [0.2, 0.25) is 5.02 Å². The van der Waals surface area contributed by atoms with Gasteiger partial charge in [-0.3, -0.25) is 0 Å². The van der Waals surface area contributed by atoms with E-state index in [9.17, 15) is 9.59 Å². The average Bonchev–Trinajstić information content (AvgIpc) is 2.54. The molecule has 2 amide bonds. The van der Waals surface area contributed by atoms with E-state index in [-0.39, 0.29) is 18.0 Å². The molecule has 0 fully saturated rings. The van der Waals surface area contributed by atoms with E-state index in [0.717, 1.165) is 17.0 Å². The number of amides is 2. The molecule has 7 heteroatoms. The molecule has 0 saturated carbocycles. The molecule has 2 atom stereocenters. The lowest BCUT2D eigenvalue weighted by molar-refractivity contribution is -0.889. The number of hydrogen-bond donors (Lipinski definition) is 3. The van der Waals surface area contributed by atoms with Gasteiger partial charge in [-0.05, 0) is 25.5 Å². The van der Waals surface area contributed by atoms with Crippen molar-refractivity contribution in [2.24, 2.45) is 0 Å². The number of carbonyl (C=O) groups excluding carboxylic acids is 2. The van der Waals surface area contributed by atoms with Crippen LogP contribution < -0.4 is 15.5 Å². The highest BCUT2D eigenvalue weighted by molar-refractivity contribution is 6.30. The summed E-state index contributed by atoms with van der Waals surface area (Å²) >= 11 is 6.03. The number of urea groups is 1. The van der Waals surface area contributed by atoms with Crippen LogP contribution in [0.4, 0.5) is 4.79 Å². The van der Waals surface area contributed by atoms with Gasteiger partial charge in [-0.15, -0.1) is 0 Å². The van der Waals surface area contributed by atoms with Crippen molar-refractivity contribution in [2.75, 3.05) is 20.2 Å². The molecule has 0 saturated heterocycles. The minimum absolute atomic E-state index is 0.287. The second-order valence-corrected chi connectivity index (χ2v) is 6.55. The van der Waals surface area contributed by atoms with E-state index in [1.165, 1.54) is 0 Å². The summed E-state index contributed by atoms with van der Waals surface area (Å²) in [6.07, 6.45) is 0.623. The Bertz CT molecular complexity index is 675. The Morgan fingerprint density at radius 1 is 1.32 bits per heavy atom. The van der Waals surface area contributed by atoms with Crippen LogP contribution in [0.3, 0.4) is 0 Å². The van der Waals surface area contributed by atoms with E-state index >= 15 is 0 Å². The molecular weight excluding hydrogens is 342 g/mol. The molecular formula is C18H25ClN3O3+. The van der Waals surface area contributed by atoms with Crippen LogP contribution in [0.5, 0.6) is 0 Å². The van der Waals surface area contributed by atoms with Gasteiger partial charge in [-0.1, -0.05) is 30.7 Å². The molecule has 136 valence electrons. The maximum Gasteiger partial charge on any atom is 0.338 e. The van der Waals surface area contributed by atoms with E-state index in [1.54, 1.807) is 6.92 Å². The summed E-state index contributed by atoms with van der Waals surface area (Å²) in [5, 5.41) is 6.25. The maximum atomic E-state index is 12.4. The number of nitrogens with one attached hydrogen (secondary N) is 3. The second kappa shape index (κ2) is 8.87. The third kappa shape index (κ3) is 5.21. The molecule has 1 aliphatic rings. The van der Waals surface area contributed by atoms with Crippen molar-refractivity contribution >= 4 is 23.6 Å². The number of ether oxygens (including phenoxy) is 1. The average molecular weight is 367 g/mol. The van der Waals surface area contributed by atoms with E-state index in [2.05, 4.69) is 10.6 Å². The van der Waals surface area contributed by atoms with Gasteiger partial charge in [-0.25, -0.2) is 9.59 Å². The van der Waals surface area contributed by atoms with E-state index in [1.807, 2.05) is 38.2 Å². The summed E-state index contributed by atoms with van der Waals surface area (Å²) in [4.78, 5) is 25.4. The van der Waals surface area contributed by atoms with E-state index in [4.69, 9.17) is 16.3 Å². The Hall–Kier alpha value is -2.05. The van der Waals surface area contributed by atoms with Gasteiger partial charge in [0.2, 0.25) is 0 Å². The zero-order valence-electron chi connectivity index (χ0n) is 14.8. The van der Waals surface area contributed by atoms with Crippen LogP contribution in [-0.4, -0.2) is 38.2 Å². The molecule has 2 rings (SSSR count). The Labute approximate surface area is 153 Å². The number of likely N-dealkylation sites (N-methyl/N-ethyl adjacent to an activating group) is 1. The third-order valence-electron chi connectivity index (χ3n) is 4.02. The first kappa shape index (κ1) is 19.3. The fraction of sp³-hybridized carbons (Fsp3) is 0.444. The second-order valence-electron chi connectivity index (χ2n) is 6.11. The first-order valence-electron chi connectivity index (χ1n) is 8.48. The highest BCUT2D eigenvalue weighted by atomic mass is 35.5. The number of carbonyl (C=O) groups is 2. The van der Waals surface area contributed by atoms with Crippen LogP contribution in [-0.2, 0) is 16.1 Å². The lowest BCUT2D eigenvalue weighted by Crippen LogP contribution is -3.08. The smallest absolute Gasteiger partial charge is 0.338 e. The lowest BCUT2D eigenvalue weighted by atomic mass is 10.00. The number of quaternary nitrogens is 1. The first-order valence-corrected chi connectivity index (χ1v) is 8.85. The van der Waals surface area contributed by atoms with Crippen LogP contribution in [0.15, 0.2) is 35.5 Å². The Morgan fingerprint density at radius 2 is 2.08 bits per heavy atom. The largest absolute Gasteiger partial charge is 0.463 e. The highest BCUT2D eigenvalue weighted by Crippen LogP contribution is 2.16. The van der Waals surface area contributed by atoms with Crippen molar-refractivity contribution in [1.29, 1.82) is 0 Å². The maximum absolute atomic E-state index is 12.4. The van der Waals surface area contributed by atoms with Gasteiger partial charge in [0.25, 0.3) is 0 Å². The fourth-order valence-corrected chi connectivity index (χ4v) is 3.17. The molecule has 0 spiro atoms. The van der Waals surface area contributed by atoms with Crippen LogP contribution in [0, 0.1) is 0 Å². The minimum Gasteiger partial charge on any atom is -0.463 e. The molecule has 0 radical (unpaired) electrons. The Morgan fingerprint density at radius 3 is 2.72 bits per heavy atom. The Balaban J connectivity index is 2.21. The van der Waals surface area contributed by atoms with Crippen molar-refractivity contribution in [3.63, 3.8) is 0 Å². The monoisotopic (exact) mass is 366 g/mol. The van der Waals surface area contributed by atoms with Gasteiger partial charge < -0.3 is 20.3 Å². The molecule has 3 N–H and O–H groups in total. The third-order valence-corrected chi connectivity index (χ3v) is 4.26. The lowest BCUT2D eigenvalue weighted by Gasteiger charge is -2.29. The highest BCUT2D eigenvalue weighted by Gasteiger charge is 2.32. The first-order chi connectivity index (χ1) is 11.9. The van der Waals surface area contributed by atoms with Gasteiger partial charge in [0.15, 0.2) is 0 Å². The predicted molar refractivity (Wildman–Crippen MR) is 96.3 cm³/mol. The number of esters is 1. The van der Waals surface area contributed by atoms with Crippen molar-refractivity contribution < 1.29 is 19.2 Å². The molecule has 1 aromatic rings. The molecule has 1 heterocycles. The van der Waals surface area contributed by atoms with Gasteiger partial charge in [0.1, 0.15) is 13.1 Å². The minimum atomic E-state index is -0.382. The van der Waals surface area contributed by atoms with Crippen molar-refractivity contribution in [3.8, 4) is 0 Å². The van der Waals surface area contributed by atoms with Crippen molar-refractivity contribution in [1.82, 2.24) is 10.6 Å². The van der Waals surface area contributed by atoms with Gasteiger partial charge >= 0.3 is 12.0 Å². The molecule has 1 aliphatic heterocycles. The molecule has 0 aromatic heterocycles. The van der Waals surface area contributed by atoms with Gasteiger partial charge in [0.05, 0.1) is 31.0 Å². The van der Waals surface area contributed by atoms with Crippen molar-refractivity contribution in [2.45, 2.75) is 32.9 Å². The quantitative estimate of drug-likeness (QED) is 0.636. The summed E-state index contributed by atoms with van der Waals surface area (Å²) in [5.74, 6) is -0.382. The summed E-state index contributed by atoms with van der Waals surface area (Å²) in [6, 6.07) is 7.05. The zero-order valence-corrected chi connectivity index (χ0v) is 15.6. The van der Waals surface area contributed by atoms with E-state index < -0.39 is 0 Å². The predicted octanol–water partition coefficient (Wildman–Crippen LogP) is 1.26. The topological polar surface area (TPSA) is 71.9 Å². The molecule has 0 aliphatic carbocycles. The van der Waals surface area contributed by atoms with Crippen LogP contribution in [0.25, 0.3) is 0 Å². The number of hydrogen-bond acceptors (Lipinski definition) is 3. The molecule has 0 bridgehead atoms. The normalized spacial score (nSPS) is 18.4. The zero-order chi connectivity index (χ0) is 18.4. The summed E-state index contributed by atoms with van der Waals surface area (Å²) in [7, 11) is 2.01. The van der Waals surface area contributed by atoms with Crippen LogP contribution >= 0.6 is 11.6 Å². The number of halogens is 1. The number of benzene rings is 1. The number of rotatable bonds is 7. The van der Waals surface area contributed by atoms with Crippen molar-refractivity contribution in [3.05, 3.63) is 46.1 Å². The molecule has 1 unspecified atom stereocenters. The molecule has 25 heavy (non-hydrogen) atoms. The summed E-state index contributed by atoms with van der Waals surface area (Å²) in [6.45, 7) is 5.22. The van der Waals surface area contributed by atoms with Gasteiger partial charge in [-0.2, -0.15) is 0 Å². The standard InChI is InChI=1S/C18H24ClN3O3/c1-4-14-16(17(23)25-5-2)15(21-18(24)20-14)11-22(3)10-12-7-6-8-13(19)9-12/h6-9,14H,4-5,10-11H2,1-3H3,(H2,20,21,24)/p+1/t14-/m1/s1. The summed E-state index contributed by atoms with van der Waals surface area (Å²) < 4.78 is 5.18. The van der Waals surface area contributed by atoms with Crippen LogP contribution in [0.1, 0.15) is 25.8 Å². The molecule has 6 nitrogen and oxygen atoms in total. The van der Waals surface area contributed by atoms with Gasteiger partial charge in [0, 0.05) is 10.6 Å².